The van der Waals surface area contributed by atoms with E-state index in [1.165, 1.54) is 0 Å². The van der Waals surface area contributed by atoms with Crippen LogP contribution in [0.4, 0.5) is 22.4 Å². The standard InChI is InChI=1S/C19H29F4N5O4S/c1-26-8-12(7-24-26)9-27-16(29)14-6-13(33(31,32)25-18(10-20)4-5-18)2-3-15(14)28(17(27)30)11-19(21,22)23/h12-15,24-25H,2-11H2,1H3. The van der Waals surface area contributed by atoms with Gasteiger partial charge in [0, 0.05) is 38.6 Å². The summed E-state index contributed by atoms with van der Waals surface area (Å²) in [6.07, 6.45) is -4.16. The molecule has 2 aliphatic carbocycles. The zero-order valence-electron chi connectivity index (χ0n) is 18.3. The van der Waals surface area contributed by atoms with Gasteiger partial charge in [0.25, 0.3) is 0 Å². The second-order valence-electron chi connectivity index (χ2n) is 9.75. The summed E-state index contributed by atoms with van der Waals surface area (Å²) in [5.41, 5.74) is 1.93. The Balaban J connectivity index is 1.56. The molecule has 2 saturated carbocycles. The average Bonchev–Trinajstić information content (AvgIpc) is 3.38. The second kappa shape index (κ2) is 8.61. The van der Waals surface area contributed by atoms with E-state index in [2.05, 4.69) is 10.1 Å². The third-order valence-electron chi connectivity index (χ3n) is 7.11. The molecule has 0 spiro atoms. The second-order valence-corrected chi connectivity index (χ2v) is 11.7. The molecule has 4 fully saturated rings. The molecule has 2 saturated heterocycles. The number of hydrogen-bond acceptors (Lipinski definition) is 6. The number of hydrogen-bond donors (Lipinski definition) is 2. The highest BCUT2D eigenvalue weighted by Gasteiger charge is 2.54. The zero-order chi connectivity index (χ0) is 24.2. The SMILES string of the molecule is CN1CC(CN2C(=O)C3CC(S(=O)(=O)NC4(CF)CC4)CCC3N(CC(F)(F)F)C2=O)CN1. The first-order valence-electron chi connectivity index (χ1n) is 11.1. The third-order valence-corrected chi connectivity index (χ3v) is 9.13. The molecule has 4 atom stereocenters. The first-order valence-corrected chi connectivity index (χ1v) is 12.6. The number of sulfonamides is 1. The number of halogens is 4. The van der Waals surface area contributed by atoms with Crippen LogP contribution in [0.15, 0.2) is 0 Å². The number of nitrogens with one attached hydrogen (secondary N) is 2. The number of alkyl halides is 4. The first-order chi connectivity index (χ1) is 15.3. The summed E-state index contributed by atoms with van der Waals surface area (Å²) in [4.78, 5) is 27.8. The van der Waals surface area contributed by atoms with E-state index < -0.39 is 64.1 Å². The quantitative estimate of drug-likeness (QED) is 0.504. The molecule has 0 radical (unpaired) electrons. The van der Waals surface area contributed by atoms with Crippen molar-refractivity contribution in [2.24, 2.45) is 11.8 Å². The Morgan fingerprint density at radius 1 is 1.21 bits per heavy atom. The van der Waals surface area contributed by atoms with Gasteiger partial charge in [-0.3, -0.25) is 15.1 Å². The maximum Gasteiger partial charge on any atom is 0.406 e. The maximum atomic E-state index is 13.3. The number of urea groups is 1. The number of fused-ring (bicyclic) bond motifs is 1. The molecule has 4 unspecified atom stereocenters. The molecule has 4 aliphatic rings. The first kappa shape index (κ1) is 24.6. The van der Waals surface area contributed by atoms with Crippen LogP contribution in [0.25, 0.3) is 0 Å². The summed E-state index contributed by atoms with van der Waals surface area (Å²) in [5, 5.41) is 0.738. The van der Waals surface area contributed by atoms with Gasteiger partial charge in [-0.2, -0.15) is 13.2 Å². The van der Waals surface area contributed by atoms with Gasteiger partial charge in [-0.15, -0.1) is 0 Å². The number of amides is 3. The minimum absolute atomic E-state index is 0.00881. The molecular weight excluding hydrogens is 470 g/mol. The minimum atomic E-state index is -4.66. The van der Waals surface area contributed by atoms with E-state index in [0.717, 1.165) is 4.90 Å². The Morgan fingerprint density at radius 2 is 1.91 bits per heavy atom. The van der Waals surface area contributed by atoms with Gasteiger partial charge in [0.2, 0.25) is 15.9 Å². The molecule has 0 aromatic rings. The van der Waals surface area contributed by atoms with E-state index in [1.807, 2.05) is 0 Å². The van der Waals surface area contributed by atoms with Crippen molar-refractivity contribution in [3.63, 3.8) is 0 Å². The molecule has 14 heteroatoms. The third kappa shape index (κ3) is 5.13. The van der Waals surface area contributed by atoms with Crippen molar-refractivity contribution in [2.45, 2.75) is 55.1 Å². The molecule has 4 rings (SSSR count). The molecular formula is C19H29F4N5O4S. The smallest absolute Gasteiger partial charge is 0.311 e. The van der Waals surface area contributed by atoms with E-state index in [-0.39, 0.29) is 31.7 Å². The summed E-state index contributed by atoms with van der Waals surface area (Å²) in [5.74, 6) is -1.85. The van der Waals surface area contributed by atoms with Gasteiger partial charge in [-0.1, -0.05) is 0 Å². The minimum Gasteiger partial charge on any atom is -0.311 e. The molecule has 0 bridgehead atoms. The van der Waals surface area contributed by atoms with E-state index in [4.69, 9.17) is 0 Å². The lowest BCUT2D eigenvalue weighted by Gasteiger charge is -2.48. The van der Waals surface area contributed by atoms with Crippen LogP contribution in [-0.4, -0.2) is 98.1 Å². The summed E-state index contributed by atoms with van der Waals surface area (Å²) in [6, 6.07) is -2.00. The van der Waals surface area contributed by atoms with Crippen LogP contribution in [0, 0.1) is 11.8 Å². The molecule has 2 heterocycles. The number of carbonyl (C=O) groups excluding carboxylic acids is 2. The monoisotopic (exact) mass is 499 g/mol. The normalized spacial score (nSPS) is 32.9. The number of hydrazine groups is 1. The number of carbonyl (C=O) groups is 2. The van der Waals surface area contributed by atoms with Gasteiger partial charge in [0.1, 0.15) is 13.2 Å². The fourth-order valence-corrected chi connectivity index (χ4v) is 7.09. The van der Waals surface area contributed by atoms with Crippen molar-refractivity contribution in [3.8, 4) is 0 Å². The Morgan fingerprint density at radius 3 is 2.45 bits per heavy atom. The van der Waals surface area contributed by atoms with Crippen LogP contribution >= 0.6 is 0 Å². The lowest BCUT2D eigenvalue weighted by atomic mass is 9.80. The molecule has 0 aromatic heterocycles. The largest absolute Gasteiger partial charge is 0.406 e. The predicted octanol–water partition coefficient (Wildman–Crippen LogP) is 0.838. The Hall–Kier alpha value is -1.51. The van der Waals surface area contributed by atoms with Crippen molar-refractivity contribution in [3.05, 3.63) is 0 Å². The van der Waals surface area contributed by atoms with Gasteiger partial charge in [0.15, 0.2) is 0 Å². The van der Waals surface area contributed by atoms with Crippen molar-refractivity contribution in [2.75, 3.05) is 39.9 Å². The van der Waals surface area contributed by atoms with Gasteiger partial charge in [0.05, 0.1) is 16.7 Å². The van der Waals surface area contributed by atoms with Crippen molar-refractivity contribution in [1.29, 1.82) is 0 Å². The highest BCUT2D eigenvalue weighted by Crippen LogP contribution is 2.41. The summed E-state index contributed by atoms with van der Waals surface area (Å²) < 4.78 is 81.3. The molecule has 188 valence electrons. The molecule has 0 aromatic carbocycles. The van der Waals surface area contributed by atoms with Gasteiger partial charge in [-0.05, 0) is 32.1 Å². The average molecular weight is 500 g/mol. The number of imide groups is 1. The maximum absolute atomic E-state index is 13.3. The molecule has 9 nitrogen and oxygen atoms in total. The van der Waals surface area contributed by atoms with E-state index in [9.17, 15) is 35.6 Å². The van der Waals surface area contributed by atoms with Crippen LogP contribution in [0.5, 0.6) is 0 Å². The number of nitrogens with zero attached hydrogens (tertiary/aromatic N) is 3. The van der Waals surface area contributed by atoms with E-state index >= 15 is 0 Å². The fourth-order valence-electron chi connectivity index (χ4n) is 5.15. The molecule has 2 N–H and O–H groups in total. The lowest BCUT2D eigenvalue weighted by molar-refractivity contribution is -0.161. The Bertz CT molecular complexity index is 897. The molecule has 33 heavy (non-hydrogen) atoms. The Labute approximate surface area is 189 Å². The van der Waals surface area contributed by atoms with Gasteiger partial charge >= 0.3 is 12.2 Å². The van der Waals surface area contributed by atoms with Crippen LogP contribution in [0.3, 0.4) is 0 Å². The van der Waals surface area contributed by atoms with Crippen molar-refractivity contribution < 1.29 is 35.6 Å². The van der Waals surface area contributed by atoms with Crippen LogP contribution in [-0.2, 0) is 14.8 Å². The summed E-state index contributed by atoms with van der Waals surface area (Å²) >= 11 is 0. The Kier molecular flexibility index (Phi) is 6.42. The lowest BCUT2D eigenvalue weighted by Crippen LogP contribution is -2.66. The predicted molar refractivity (Wildman–Crippen MR) is 109 cm³/mol. The van der Waals surface area contributed by atoms with Gasteiger partial charge in [-0.25, -0.2) is 27.3 Å². The summed E-state index contributed by atoms with van der Waals surface area (Å²) in [6.45, 7) is -1.41. The van der Waals surface area contributed by atoms with Crippen LogP contribution < -0.4 is 10.1 Å². The van der Waals surface area contributed by atoms with Crippen LogP contribution in [0.2, 0.25) is 0 Å². The van der Waals surface area contributed by atoms with Crippen molar-refractivity contribution in [1.82, 2.24) is 25.0 Å². The van der Waals surface area contributed by atoms with Crippen molar-refractivity contribution >= 4 is 22.0 Å². The number of rotatable bonds is 7. The molecule has 2 aliphatic heterocycles. The highest BCUT2D eigenvalue weighted by atomic mass is 32.2. The zero-order valence-corrected chi connectivity index (χ0v) is 19.1. The topological polar surface area (TPSA) is 102 Å². The summed E-state index contributed by atoms with van der Waals surface area (Å²) in [7, 11) is -2.20. The highest BCUT2D eigenvalue weighted by molar-refractivity contribution is 7.90. The fraction of sp³-hybridized carbons (Fsp3) is 0.895. The molecule has 3 amide bonds. The van der Waals surface area contributed by atoms with Crippen LogP contribution in [0.1, 0.15) is 32.1 Å². The van der Waals surface area contributed by atoms with Gasteiger partial charge < -0.3 is 4.90 Å². The van der Waals surface area contributed by atoms with E-state index in [0.29, 0.717) is 30.8 Å². The van der Waals surface area contributed by atoms with E-state index in [1.54, 1.807) is 12.1 Å².